The van der Waals surface area contributed by atoms with Gasteiger partial charge in [0.15, 0.2) is 15.6 Å². The van der Waals surface area contributed by atoms with E-state index >= 15 is 0 Å². The number of aryl methyl sites for hydroxylation is 2. The maximum absolute atomic E-state index is 14.2. The van der Waals surface area contributed by atoms with Crippen LogP contribution in [0.1, 0.15) is 78.7 Å². The fourth-order valence-electron chi connectivity index (χ4n) is 8.39. The molecule has 2 aromatic heterocycles. The Morgan fingerprint density at radius 2 is 1.56 bits per heavy atom. The lowest BCUT2D eigenvalue weighted by molar-refractivity contribution is -0.137. The van der Waals surface area contributed by atoms with E-state index in [4.69, 9.17) is 0 Å². The highest BCUT2D eigenvalue weighted by Crippen LogP contribution is 2.44. The third-order valence-corrected chi connectivity index (χ3v) is 14.0. The maximum Gasteiger partial charge on any atom is 0.233 e. The molecule has 4 aliphatic heterocycles. The average molecular weight is 651 g/mol. The van der Waals surface area contributed by atoms with Crippen molar-refractivity contribution in [3.8, 4) is 11.3 Å². The normalized spacial score (nSPS) is 25.5. The largest absolute Gasteiger partial charge is 0.346 e. The lowest BCUT2D eigenvalue weighted by atomic mass is 9.88. The smallest absolute Gasteiger partial charge is 0.233 e. The van der Waals surface area contributed by atoms with Gasteiger partial charge in [0, 0.05) is 67.5 Å². The summed E-state index contributed by atoms with van der Waals surface area (Å²) >= 11 is 1.61. The molecule has 0 radical (unpaired) electrons. The highest BCUT2D eigenvalue weighted by atomic mass is 32.2. The summed E-state index contributed by atoms with van der Waals surface area (Å²) < 4.78 is 24.0. The van der Waals surface area contributed by atoms with E-state index in [2.05, 4.69) is 57.8 Å². The highest BCUT2D eigenvalue weighted by molar-refractivity contribution is 7.91. The zero-order valence-corrected chi connectivity index (χ0v) is 28.7. The second-order valence-electron chi connectivity index (χ2n) is 14.5. The Bertz CT molecular complexity index is 1710. The van der Waals surface area contributed by atoms with Crippen molar-refractivity contribution < 1.29 is 18.0 Å². The molecule has 6 heterocycles. The van der Waals surface area contributed by atoms with E-state index in [-0.39, 0.29) is 23.5 Å². The molecule has 3 aromatic rings. The molecule has 8 nitrogen and oxygen atoms in total. The number of aromatic amines is 1. The van der Waals surface area contributed by atoms with Gasteiger partial charge in [-0.3, -0.25) is 14.5 Å². The molecule has 0 aliphatic carbocycles. The first kappa shape index (κ1) is 31.1. The van der Waals surface area contributed by atoms with Crippen LogP contribution in [0.15, 0.2) is 24.3 Å². The Hall–Kier alpha value is -2.53. The van der Waals surface area contributed by atoms with E-state index in [1.54, 1.807) is 11.3 Å². The van der Waals surface area contributed by atoms with Gasteiger partial charge in [-0.25, -0.2) is 8.42 Å². The number of nitrogens with one attached hydrogen (secondary N) is 1. The van der Waals surface area contributed by atoms with Crippen molar-refractivity contribution in [2.24, 2.45) is 0 Å². The molecule has 1 atom stereocenters. The molecule has 4 fully saturated rings. The van der Waals surface area contributed by atoms with E-state index in [0.717, 1.165) is 101 Å². The number of piperazine rings is 1. The number of H-pyrrole nitrogens is 1. The highest BCUT2D eigenvalue weighted by Gasteiger charge is 2.47. The molecule has 1 amide bonds. The van der Waals surface area contributed by atoms with Crippen molar-refractivity contribution >= 4 is 43.1 Å². The number of Topliss-reactive ketones (excluding diaryl/α,β-unsaturated/α-hetero) is 1. The van der Waals surface area contributed by atoms with E-state index in [0.29, 0.717) is 30.8 Å². The number of carbonyl (C=O) groups excluding carboxylic acids is 2. The quantitative estimate of drug-likeness (QED) is 0.332. The van der Waals surface area contributed by atoms with Gasteiger partial charge in [0.25, 0.3) is 0 Å². The average Bonchev–Trinajstić information content (AvgIpc) is 3.81. The second kappa shape index (κ2) is 11.6. The SMILES string of the molecule is Cc1cc(C)cc(-c2[nH]c3sc(C(C)(C)C(=O)N4C5CCC4CC5)cc3c2C(=O)CCN2CCN(C3CCS(=O)(=O)C3)CC2)c1. The molecule has 10 heteroatoms. The van der Waals surface area contributed by atoms with Gasteiger partial charge in [0.05, 0.1) is 28.2 Å². The fraction of sp³-hybridized carbons (Fsp3) is 0.600. The number of fused-ring (bicyclic) bond motifs is 3. The first-order valence-electron chi connectivity index (χ1n) is 16.7. The molecule has 7 rings (SSSR count). The Morgan fingerprint density at radius 1 is 0.911 bits per heavy atom. The van der Waals surface area contributed by atoms with Crippen LogP contribution in [0.2, 0.25) is 0 Å². The molecule has 242 valence electrons. The molecule has 0 spiro atoms. The lowest BCUT2D eigenvalue weighted by Crippen LogP contribution is -2.51. The number of ketones is 1. The van der Waals surface area contributed by atoms with Gasteiger partial charge in [-0.05, 0) is 83.6 Å². The molecule has 1 unspecified atom stereocenters. The number of carbonyl (C=O) groups is 2. The Balaban J connectivity index is 1.13. The second-order valence-corrected chi connectivity index (χ2v) is 17.8. The minimum absolute atomic E-state index is 0.116. The van der Waals surface area contributed by atoms with Crippen molar-refractivity contribution in [3.05, 3.63) is 45.8 Å². The molecule has 1 N–H and O–H groups in total. The predicted octanol–water partition coefficient (Wildman–Crippen LogP) is 5.32. The molecular weight excluding hydrogens is 605 g/mol. The Kier molecular flexibility index (Phi) is 8.02. The number of benzene rings is 1. The lowest BCUT2D eigenvalue weighted by Gasteiger charge is -2.37. The summed E-state index contributed by atoms with van der Waals surface area (Å²) in [5.74, 6) is 0.911. The van der Waals surface area contributed by atoms with E-state index in [9.17, 15) is 18.0 Å². The molecule has 2 bridgehead atoms. The van der Waals surface area contributed by atoms with E-state index < -0.39 is 15.3 Å². The number of nitrogens with zero attached hydrogens (tertiary/aromatic N) is 3. The standard InChI is InChI=1S/C35H46N4O4S2/c1-22-17-23(2)19-24(18-22)32-31(29(40)9-11-37-12-14-38(15-13-37)27-10-16-45(42,43)21-27)28-20-30(44-33(28)36-32)35(3,4)34(41)39-25-5-6-26(39)8-7-25/h17-20,25-27,36H,5-16,21H2,1-4H3. The van der Waals surface area contributed by atoms with Crippen LogP contribution >= 0.6 is 11.3 Å². The molecule has 1 aromatic carbocycles. The fourth-order valence-corrected chi connectivity index (χ4v) is 11.3. The first-order chi connectivity index (χ1) is 21.4. The van der Waals surface area contributed by atoms with Crippen molar-refractivity contribution in [2.75, 3.05) is 44.2 Å². The number of hydrogen-bond acceptors (Lipinski definition) is 7. The summed E-state index contributed by atoms with van der Waals surface area (Å²) in [6, 6.07) is 9.44. The summed E-state index contributed by atoms with van der Waals surface area (Å²) in [6.45, 7) is 12.3. The van der Waals surface area contributed by atoms with Crippen LogP contribution in [0.4, 0.5) is 0 Å². The Labute approximate surface area is 271 Å². The molecule has 45 heavy (non-hydrogen) atoms. The van der Waals surface area contributed by atoms with Crippen molar-refractivity contribution in [2.45, 2.75) is 89.8 Å². The van der Waals surface area contributed by atoms with E-state index in [1.807, 2.05) is 13.8 Å². The van der Waals surface area contributed by atoms with Gasteiger partial charge < -0.3 is 14.8 Å². The molecular formula is C35H46N4O4S2. The minimum Gasteiger partial charge on any atom is -0.346 e. The number of thiophene rings is 1. The van der Waals surface area contributed by atoms with Gasteiger partial charge in [-0.1, -0.05) is 17.2 Å². The van der Waals surface area contributed by atoms with Crippen LogP contribution in [0.3, 0.4) is 0 Å². The predicted molar refractivity (Wildman–Crippen MR) is 181 cm³/mol. The van der Waals surface area contributed by atoms with Gasteiger partial charge in [0.2, 0.25) is 5.91 Å². The maximum atomic E-state index is 14.2. The van der Waals surface area contributed by atoms with Crippen LogP contribution in [0.25, 0.3) is 21.5 Å². The van der Waals surface area contributed by atoms with Gasteiger partial charge in [0.1, 0.15) is 4.83 Å². The number of aromatic nitrogens is 1. The zero-order chi connectivity index (χ0) is 31.7. The molecule has 4 saturated heterocycles. The summed E-state index contributed by atoms with van der Waals surface area (Å²) in [4.78, 5) is 40.5. The third-order valence-electron chi connectivity index (χ3n) is 10.9. The van der Waals surface area contributed by atoms with Gasteiger partial charge in [-0.2, -0.15) is 0 Å². The topological polar surface area (TPSA) is 93.8 Å². The van der Waals surface area contributed by atoms with Crippen LogP contribution < -0.4 is 0 Å². The van der Waals surface area contributed by atoms with Crippen LogP contribution in [-0.4, -0.2) is 102 Å². The summed E-state index contributed by atoms with van der Waals surface area (Å²) in [6.07, 6.45) is 5.61. The summed E-state index contributed by atoms with van der Waals surface area (Å²) in [5.41, 5.74) is 4.27. The van der Waals surface area contributed by atoms with E-state index in [1.165, 1.54) is 0 Å². The van der Waals surface area contributed by atoms with Crippen LogP contribution in [0.5, 0.6) is 0 Å². The van der Waals surface area contributed by atoms with Gasteiger partial charge >= 0.3 is 0 Å². The summed E-state index contributed by atoms with van der Waals surface area (Å²) in [7, 11) is -2.90. The van der Waals surface area contributed by atoms with Crippen molar-refractivity contribution in [3.63, 3.8) is 0 Å². The molecule has 0 saturated carbocycles. The first-order valence-corrected chi connectivity index (χ1v) is 19.3. The minimum atomic E-state index is -2.90. The number of sulfone groups is 1. The third kappa shape index (κ3) is 5.81. The summed E-state index contributed by atoms with van der Waals surface area (Å²) in [5, 5.41) is 0.923. The zero-order valence-electron chi connectivity index (χ0n) is 27.0. The number of rotatable bonds is 8. The van der Waals surface area contributed by atoms with Gasteiger partial charge in [-0.15, -0.1) is 11.3 Å². The van der Waals surface area contributed by atoms with Crippen LogP contribution in [0, 0.1) is 13.8 Å². The molecule has 4 aliphatic rings. The van der Waals surface area contributed by atoms with Crippen LogP contribution in [-0.2, 0) is 20.0 Å². The number of hydrogen-bond donors (Lipinski definition) is 1. The number of amides is 1. The van der Waals surface area contributed by atoms with Crippen molar-refractivity contribution in [1.82, 2.24) is 19.7 Å². The Morgan fingerprint density at radius 3 is 2.16 bits per heavy atom. The monoisotopic (exact) mass is 650 g/mol. The van der Waals surface area contributed by atoms with Crippen molar-refractivity contribution in [1.29, 1.82) is 0 Å².